The molecule has 10 heteroatoms. The van der Waals surface area contributed by atoms with Gasteiger partial charge in [0.05, 0.1) is 6.04 Å². The number of carboxylic acids is 1. The first-order chi connectivity index (χ1) is 15.1. The number of benzene rings is 1. The molecule has 1 heterocycles. The molecule has 2 rings (SSSR count). The van der Waals surface area contributed by atoms with E-state index in [-0.39, 0.29) is 24.0 Å². The van der Waals surface area contributed by atoms with Gasteiger partial charge in [-0.05, 0) is 42.9 Å². The number of carbonyl (C=O) groups excluding carboxylic acids is 3. The zero-order valence-electron chi connectivity index (χ0n) is 18.4. The highest BCUT2D eigenvalue weighted by molar-refractivity contribution is 5.94. The van der Waals surface area contributed by atoms with E-state index in [1.165, 1.54) is 17.0 Å². The van der Waals surface area contributed by atoms with Crippen LogP contribution in [0.25, 0.3) is 0 Å². The van der Waals surface area contributed by atoms with E-state index in [4.69, 9.17) is 10.8 Å². The highest BCUT2D eigenvalue weighted by Crippen LogP contribution is 2.20. The fourth-order valence-corrected chi connectivity index (χ4v) is 3.76. The summed E-state index contributed by atoms with van der Waals surface area (Å²) in [5.74, 6) is -2.34. The van der Waals surface area contributed by atoms with Crippen LogP contribution in [-0.2, 0) is 25.6 Å². The lowest BCUT2D eigenvalue weighted by Gasteiger charge is -2.28. The van der Waals surface area contributed by atoms with Crippen LogP contribution in [0.2, 0.25) is 0 Å². The Bertz CT molecular complexity index is 826. The van der Waals surface area contributed by atoms with Crippen molar-refractivity contribution in [3.05, 3.63) is 29.8 Å². The van der Waals surface area contributed by atoms with Crippen LogP contribution in [-0.4, -0.2) is 70.0 Å². The molecule has 0 bridgehead atoms. The number of nitrogens with two attached hydrogens (primary N) is 1. The van der Waals surface area contributed by atoms with Crippen LogP contribution in [0.4, 0.5) is 0 Å². The molecule has 3 unspecified atom stereocenters. The monoisotopic (exact) mass is 448 g/mol. The van der Waals surface area contributed by atoms with Gasteiger partial charge in [-0.2, -0.15) is 0 Å². The Kier molecular flexibility index (Phi) is 9.01. The Morgan fingerprint density at radius 2 is 1.84 bits per heavy atom. The molecule has 3 amide bonds. The lowest BCUT2D eigenvalue weighted by Crippen LogP contribution is -2.56. The van der Waals surface area contributed by atoms with E-state index >= 15 is 0 Å². The second kappa shape index (κ2) is 11.5. The lowest BCUT2D eigenvalue weighted by atomic mass is 10.0. The molecule has 3 atom stereocenters. The van der Waals surface area contributed by atoms with E-state index in [2.05, 4.69) is 10.6 Å². The van der Waals surface area contributed by atoms with Gasteiger partial charge in [0.25, 0.3) is 0 Å². The number of carbonyl (C=O) groups is 4. The molecule has 0 aromatic heterocycles. The molecule has 0 spiro atoms. The summed E-state index contributed by atoms with van der Waals surface area (Å²) in [5.41, 5.74) is 6.69. The van der Waals surface area contributed by atoms with Gasteiger partial charge in [-0.25, -0.2) is 0 Å². The number of rotatable bonds is 10. The number of phenols is 1. The first kappa shape index (κ1) is 25.1. The number of nitrogens with one attached hydrogen (secondary N) is 2. The van der Waals surface area contributed by atoms with E-state index in [1.807, 2.05) is 13.8 Å². The summed E-state index contributed by atoms with van der Waals surface area (Å²) < 4.78 is 0. The van der Waals surface area contributed by atoms with Gasteiger partial charge in [0, 0.05) is 13.0 Å². The highest BCUT2D eigenvalue weighted by atomic mass is 16.4. The number of aromatic hydroxyl groups is 1. The van der Waals surface area contributed by atoms with Gasteiger partial charge in [-0.1, -0.05) is 26.0 Å². The summed E-state index contributed by atoms with van der Waals surface area (Å²) in [6, 6.07) is 3.64. The predicted octanol–water partition coefficient (Wildman–Crippen LogP) is -0.0153. The highest BCUT2D eigenvalue weighted by Gasteiger charge is 2.37. The van der Waals surface area contributed by atoms with Gasteiger partial charge in [-0.15, -0.1) is 0 Å². The number of amides is 3. The normalized spacial score (nSPS) is 17.6. The molecular weight excluding hydrogens is 416 g/mol. The smallest absolute Gasteiger partial charge is 0.322 e. The fraction of sp³-hybridized carbons (Fsp3) is 0.545. The van der Waals surface area contributed by atoms with E-state index in [0.29, 0.717) is 31.4 Å². The van der Waals surface area contributed by atoms with Crippen LogP contribution >= 0.6 is 0 Å². The average molecular weight is 449 g/mol. The van der Waals surface area contributed by atoms with Gasteiger partial charge in [0.1, 0.15) is 24.4 Å². The number of hydrogen-bond acceptors (Lipinski definition) is 6. The lowest BCUT2D eigenvalue weighted by molar-refractivity contribution is -0.141. The number of carboxylic acid groups (broad SMARTS) is 1. The van der Waals surface area contributed by atoms with Crippen molar-refractivity contribution in [3.63, 3.8) is 0 Å². The van der Waals surface area contributed by atoms with Gasteiger partial charge in [0.2, 0.25) is 17.7 Å². The van der Waals surface area contributed by atoms with E-state index in [0.717, 1.165) is 0 Å². The van der Waals surface area contributed by atoms with Crippen molar-refractivity contribution < 1.29 is 29.4 Å². The zero-order valence-corrected chi connectivity index (χ0v) is 18.4. The summed E-state index contributed by atoms with van der Waals surface area (Å²) >= 11 is 0. The average Bonchev–Trinajstić information content (AvgIpc) is 3.21. The molecule has 6 N–H and O–H groups in total. The minimum atomic E-state index is -1.21. The van der Waals surface area contributed by atoms with Crippen LogP contribution in [0.1, 0.15) is 38.7 Å². The molecule has 1 fully saturated rings. The Morgan fingerprint density at radius 1 is 1.19 bits per heavy atom. The van der Waals surface area contributed by atoms with Crippen molar-refractivity contribution >= 4 is 23.7 Å². The maximum Gasteiger partial charge on any atom is 0.322 e. The van der Waals surface area contributed by atoms with Gasteiger partial charge in [0.15, 0.2) is 0 Å². The van der Waals surface area contributed by atoms with Gasteiger partial charge in [-0.3, -0.25) is 19.2 Å². The number of hydrogen-bond donors (Lipinski definition) is 5. The summed E-state index contributed by atoms with van der Waals surface area (Å²) in [4.78, 5) is 50.7. The molecule has 1 aromatic carbocycles. The molecule has 10 nitrogen and oxygen atoms in total. The molecule has 0 saturated carbocycles. The topological polar surface area (TPSA) is 162 Å². The first-order valence-corrected chi connectivity index (χ1v) is 10.7. The Labute approximate surface area is 187 Å². The first-order valence-electron chi connectivity index (χ1n) is 10.7. The number of nitrogens with zero attached hydrogens (tertiary/aromatic N) is 1. The van der Waals surface area contributed by atoms with Crippen LogP contribution in [0.5, 0.6) is 5.75 Å². The van der Waals surface area contributed by atoms with Crippen molar-refractivity contribution in [1.29, 1.82) is 0 Å². The molecule has 176 valence electrons. The molecule has 1 aromatic rings. The molecule has 0 radical (unpaired) electrons. The largest absolute Gasteiger partial charge is 0.508 e. The molecule has 1 aliphatic rings. The minimum Gasteiger partial charge on any atom is -0.508 e. The number of likely N-dealkylation sites (tertiary alicyclic amines) is 1. The second-order valence-corrected chi connectivity index (χ2v) is 8.47. The van der Waals surface area contributed by atoms with E-state index in [9.17, 15) is 24.3 Å². The van der Waals surface area contributed by atoms with Crippen LogP contribution in [0.15, 0.2) is 24.3 Å². The molecule has 32 heavy (non-hydrogen) atoms. The zero-order chi connectivity index (χ0) is 23.8. The third kappa shape index (κ3) is 7.23. The maximum atomic E-state index is 13.0. The van der Waals surface area contributed by atoms with Crippen molar-refractivity contribution in [2.45, 2.75) is 57.7 Å². The SMILES string of the molecule is CC(C)CC(N)C(=O)N1CCCC1C(=O)NC(Cc1ccc(O)cc1)C(=O)NCC(=O)O. The predicted molar refractivity (Wildman–Crippen MR) is 117 cm³/mol. The fourth-order valence-electron chi connectivity index (χ4n) is 3.76. The van der Waals surface area contributed by atoms with Crippen molar-refractivity contribution in [3.8, 4) is 5.75 Å². The maximum absolute atomic E-state index is 13.0. The van der Waals surface area contributed by atoms with Gasteiger partial charge < -0.3 is 31.5 Å². The number of phenolic OH excluding ortho intramolecular Hbond substituents is 1. The Balaban J connectivity index is 2.12. The summed E-state index contributed by atoms with van der Waals surface area (Å²) in [6.45, 7) is 3.76. The third-order valence-electron chi connectivity index (χ3n) is 5.30. The summed E-state index contributed by atoms with van der Waals surface area (Å²) in [5, 5.41) is 23.2. The molecular formula is C22H32N4O6. The molecule has 0 aliphatic carbocycles. The summed E-state index contributed by atoms with van der Waals surface area (Å²) in [7, 11) is 0. The van der Waals surface area contributed by atoms with Crippen LogP contribution < -0.4 is 16.4 Å². The van der Waals surface area contributed by atoms with Crippen LogP contribution in [0, 0.1) is 5.92 Å². The standard InChI is InChI=1S/C22H32N4O6/c1-13(2)10-16(23)22(32)26-9-3-4-18(26)21(31)25-17(20(30)24-12-19(28)29)11-14-5-7-15(27)8-6-14/h5-8,13,16-18,27H,3-4,9-12,23H2,1-2H3,(H,24,30)(H,25,31)(H,28,29). The van der Waals surface area contributed by atoms with Crippen molar-refractivity contribution in [1.82, 2.24) is 15.5 Å². The molecule has 1 saturated heterocycles. The minimum absolute atomic E-state index is 0.0579. The summed E-state index contributed by atoms with van der Waals surface area (Å²) in [6.07, 6.45) is 1.69. The second-order valence-electron chi connectivity index (χ2n) is 8.47. The van der Waals surface area contributed by atoms with Gasteiger partial charge >= 0.3 is 5.97 Å². The third-order valence-corrected chi connectivity index (χ3v) is 5.30. The van der Waals surface area contributed by atoms with E-state index < -0.39 is 42.5 Å². The molecule has 1 aliphatic heterocycles. The Morgan fingerprint density at radius 3 is 2.44 bits per heavy atom. The number of aliphatic carboxylic acids is 1. The van der Waals surface area contributed by atoms with Crippen molar-refractivity contribution in [2.75, 3.05) is 13.1 Å². The quantitative estimate of drug-likeness (QED) is 0.336. The van der Waals surface area contributed by atoms with Crippen LogP contribution in [0.3, 0.4) is 0 Å². The van der Waals surface area contributed by atoms with Crippen molar-refractivity contribution in [2.24, 2.45) is 11.7 Å². The van der Waals surface area contributed by atoms with E-state index in [1.54, 1.807) is 12.1 Å². The Hall–Kier alpha value is -3.14.